The molecule has 1 heteroatoms. The molecule has 0 aliphatic heterocycles. The van der Waals surface area contributed by atoms with E-state index in [4.69, 9.17) is 11.6 Å². The fourth-order valence-electron chi connectivity index (χ4n) is 5.27. The Labute approximate surface area is 193 Å². The Morgan fingerprint density at radius 1 is 0.438 bits per heavy atom. The molecule has 6 rings (SSSR count). The molecule has 152 valence electrons. The molecule has 0 heterocycles. The van der Waals surface area contributed by atoms with E-state index in [9.17, 15) is 0 Å². The van der Waals surface area contributed by atoms with Crippen molar-refractivity contribution in [3.63, 3.8) is 0 Å². The van der Waals surface area contributed by atoms with Gasteiger partial charge in [-0.1, -0.05) is 121 Å². The van der Waals surface area contributed by atoms with Crippen molar-refractivity contribution in [2.24, 2.45) is 0 Å². The summed E-state index contributed by atoms with van der Waals surface area (Å²) in [6.45, 7) is 0. The fraction of sp³-hybridized carbons (Fsp3) is 0.0323. The highest BCUT2D eigenvalue weighted by atomic mass is 35.5. The van der Waals surface area contributed by atoms with Gasteiger partial charge < -0.3 is 0 Å². The van der Waals surface area contributed by atoms with Crippen LogP contribution in [0.1, 0.15) is 22.3 Å². The predicted molar refractivity (Wildman–Crippen MR) is 134 cm³/mol. The van der Waals surface area contributed by atoms with Crippen LogP contribution >= 0.6 is 11.6 Å². The molecule has 0 bridgehead atoms. The summed E-state index contributed by atoms with van der Waals surface area (Å²) in [4.78, 5) is 0. The lowest BCUT2D eigenvalue weighted by Gasteiger charge is -2.34. The first kappa shape index (κ1) is 19.1. The molecule has 0 fully saturated rings. The summed E-state index contributed by atoms with van der Waals surface area (Å²) in [5.41, 5.74) is 9.75. The topological polar surface area (TPSA) is 0 Å². The zero-order valence-electron chi connectivity index (χ0n) is 17.5. The zero-order valence-corrected chi connectivity index (χ0v) is 18.3. The minimum Gasteiger partial charge on any atom is -0.0843 e. The number of hydrogen-bond acceptors (Lipinski definition) is 0. The van der Waals surface area contributed by atoms with Crippen molar-refractivity contribution in [2.45, 2.75) is 5.41 Å². The highest BCUT2D eigenvalue weighted by molar-refractivity contribution is 6.30. The molecule has 5 aromatic rings. The molecule has 0 aromatic heterocycles. The minimum atomic E-state index is -0.400. The van der Waals surface area contributed by atoms with Crippen LogP contribution in [0.5, 0.6) is 0 Å². The average molecular weight is 429 g/mol. The third-order valence-corrected chi connectivity index (χ3v) is 6.89. The molecule has 0 spiro atoms. The van der Waals surface area contributed by atoms with Gasteiger partial charge in [-0.05, 0) is 62.7 Å². The molecule has 1 unspecified atom stereocenters. The van der Waals surface area contributed by atoms with E-state index >= 15 is 0 Å². The Kier molecular flexibility index (Phi) is 4.48. The van der Waals surface area contributed by atoms with E-state index in [0.717, 1.165) is 5.02 Å². The van der Waals surface area contributed by atoms with Crippen molar-refractivity contribution in [1.29, 1.82) is 0 Å². The lowest BCUT2D eigenvalue weighted by Crippen LogP contribution is -2.28. The second-order valence-corrected chi connectivity index (χ2v) is 8.73. The second kappa shape index (κ2) is 7.51. The Balaban J connectivity index is 1.74. The van der Waals surface area contributed by atoms with Crippen molar-refractivity contribution in [1.82, 2.24) is 0 Å². The fourth-order valence-corrected chi connectivity index (χ4v) is 5.39. The van der Waals surface area contributed by atoms with Gasteiger partial charge in [0.25, 0.3) is 0 Å². The third-order valence-electron chi connectivity index (χ3n) is 6.64. The normalized spacial score (nSPS) is 16.4. The van der Waals surface area contributed by atoms with Crippen LogP contribution in [0.25, 0.3) is 22.3 Å². The summed E-state index contributed by atoms with van der Waals surface area (Å²) >= 11 is 6.32. The third kappa shape index (κ3) is 2.77. The average Bonchev–Trinajstić information content (AvgIpc) is 3.16. The summed E-state index contributed by atoms with van der Waals surface area (Å²) in [5, 5.41) is 0.751. The minimum absolute atomic E-state index is 0.400. The smallest absolute Gasteiger partial charge is 0.0713 e. The molecule has 0 nitrogen and oxygen atoms in total. The lowest BCUT2D eigenvalue weighted by atomic mass is 9.67. The van der Waals surface area contributed by atoms with Crippen LogP contribution in [-0.4, -0.2) is 0 Å². The molecule has 0 saturated carbocycles. The van der Waals surface area contributed by atoms with E-state index in [-0.39, 0.29) is 0 Å². The molecular weight excluding hydrogens is 408 g/mol. The Bertz CT molecular complexity index is 1400. The highest BCUT2D eigenvalue weighted by Gasteiger charge is 2.46. The zero-order chi connectivity index (χ0) is 21.5. The number of fused-ring (bicyclic) bond motifs is 3. The van der Waals surface area contributed by atoms with Crippen LogP contribution in [0.2, 0.25) is 5.02 Å². The van der Waals surface area contributed by atoms with Gasteiger partial charge in [-0.2, -0.15) is 0 Å². The lowest BCUT2D eigenvalue weighted by molar-refractivity contribution is 0.769. The summed E-state index contributed by atoms with van der Waals surface area (Å²) < 4.78 is 0. The second-order valence-electron chi connectivity index (χ2n) is 8.29. The van der Waals surface area contributed by atoms with Crippen LogP contribution in [-0.2, 0) is 5.41 Å². The monoisotopic (exact) mass is 428 g/mol. The Morgan fingerprint density at radius 3 is 1.78 bits per heavy atom. The summed E-state index contributed by atoms with van der Waals surface area (Å²) in [7, 11) is 0. The number of benzene rings is 5. The van der Waals surface area contributed by atoms with Crippen molar-refractivity contribution in [3.8, 4) is 22.3 Å². The molecule has 0 saturated heterocycles. The van der Waals surface area contributed by atoms with Crippen molar-refractivity contribution in [3.05, 3.63) is 155 Å². The van der Waals surface area contributed by atoms with E-state index in [1.165, 1.54) is 44.5 Å². The van der Waals surface area contributed by atoms with E-state index < -0.39 is 5.41 Å². The molecule has 1 aliphatic rings. The Hall–Kier alpha value is -3.61. The van der Waals surface area contributed by atoms with E-state index in [1.807, 2.05) is 12.1 Å². The molecule has 0 N–H and O–H groups in total. The predicted octanol–water partition coefficient (Wildman–Crippen LogP) is 8.37. The molecule has 5 aromatic carbocycles. The number of halogens is 1. The molecular formula is C31H21Cl. The van der Waals surface area contributed by atoms with Crippen LogP contribution in [0.3, 0.4) is 0 Å². The molecule has 0 amide bonds. The molecule has 0 radical (unpaired) electrons. The van der Waals surface area contributed by atoms with Gasteiger partial charge in [0.05, 0.1) is 5.41 Å². The van der Waals surface area contributed by atoms with Crippen molar-refractivity contribution >= 4 is 11.6 Å². The van der Waals surface area contributed by atoms with Crippen LogP contribution in [0.15, 0.2) is 127 Å². The number of rotatable bonds is 3. The number of hydrogen-bond donors (Lipinski definition) is 0. The quantitative estimate of drug-likeness (QED) is 0.265. The van der Waals surface area contributed by atoms with E-state index in [2.05, 4.69) is 115 Å². The maximum Gasteiger partial charge on any atom is 0.0713 e. The molecule has 32 heavy (non-hydrogen) atoms. The first-order valence-electron chi connectivity index (χ1n) is 10.9. The van der Waals surface area contributed by atoms with Gasteiger partial charge in [0.1, 0.15) is 0 Å². The van der Waals surface area contributed by atoms with Gasteiger partial charge in [0.2, 0.25) is 0 Å². The van der Waals surface area contributed by atoms with Crippen LogP contribution < -0.4 is 0 Å². The molecule has 1 atom stereocenters. The first-order valence-corrected chi connectivity index (χ1v) is 11.3. The highest BCUT2D eigenvalue weighted by Crippen LogP contribution is 2.56. The van der Waals surface area contributed by atoms with Gasteiger partial charge in [-0.3, -0.25) is 0 Å². The van der Waals surface area contributed by atoms with Gasteiger partial charge in [-0.25, -0.2) is 0 Å². The van der Waals surface area contributed by atoms with Gasteiger partial charge in [-0.15, -0.1) is 0 Å². The van der Waals surface area contributed by atoms with Gasteiger partial charge in [0, 0.05) is 5.02 Å². The van der Waals surface area contributed by atoms with Crippen LogP contribution in [0, 0.1) is 0 Å². The largest absolute Gasteiger partial charge is 0.0843 e. The van der Waals surface area contributed by atoms with Crippen molar-refractivity contribution in [2.75, 3.05) is 0 Å². The summed E-state index contributed by atoms with van der Waals surface area (Å²) in [6.07, 6.45) is 0. The van der Waals surface area contributed by atoms with E-state index in [1.54, 1.807) is 0 Å². The first-order chi connectivity index (χ1) is 15.8. The maximum atomic E-state index is 6.32. The molecule has 1 aliphatic carbocycles. The maximum absolute atomic E-state index is 6.32. The van der Waals surface area contributed by atoms with Gasteiger partial charge >= 0.3 is 0 Å². The summed E-state index contributed by atoms with van der Waals surface area (Å²) in [5.74, 6) is 0. The SMILES string of the molecule is Clc1ccc(C2(c3ccccc3)c3ccccc3-c3ccc(-c4ccccc4)cc32)cc1. The van der Waals surface area contributed by atoms with E-state index in [0.29, 0.717) is 0 Å². The summed E-state index contributed by atoms with van der Waals surface area (Å²) in [6, 6.07) is 45.5. The van der Waals surface area contributed by atoms with Gasteiger partial charge in [0.15, 0.2) is 0 Å². The van der Waals surface area contributed by atoms with Crippen LogP contribution in [0.4, 0.5) is 0 Å². The standard InChI is InChI=1S/C31H21Cl/c32-26-18-16-25(17-19-26)31(24-11-5-2-6-12-24)29-14-8-7-13-27(29)28-20-15-23(21-30(28)31)22-9-3-1-4-10-22/h1-21H. The Morgan fingerprint density at radius 2 is 1.03 bits per heavy atom. The van der Waals surface area contributed by atoms with Crippen molar-refractivity contribution < 1.29 is 0 Å².